The van der Waals surface area contributed by atoms with Crippen molar-refractivity contribution in [1.29, 1.82) is 5.26 Å². The maximum Gasteiger partial charge on any atom is 0.251 e. The summed E-state index contributed by atoms with van der Waals surface area (Å²) in [6, 6.07) is 14.4. The van der Waals surface area contributed by atoms with E-state index in [1.54, 1.807) is 6.07 Å². The Morgan fingerprint density at radius 1 is 1.13 bits per heavy atom. The summed E-state index contributed by atoms with van der Waals surface area (Å²) in [5.41, 5.74) is 4.86. The Morgan fingerprint density at radius 3 is 2.57 bits per heavy atom. The predicted molar refractivity (Wildman–Crippen MR) is 120 cm³/mol. The first-order valence-electron chi connectivity index (χ1n) is 10.5. The van der Waals surface area contributed by atoms with E-state index in [0.717, 1.165) is 50.0 Å². The van der Waals surface area contributed by atoms with E-state index in [1.165, 1.54) is 11.1 Å². The Morgan fingerprint density at radius 2 is 1.87 bits per heavy atom. The summed E-state index contributed by atoms with van der Waals surface area (Å²) < 4.78 is 0. The zero-order chi connectivity index (χ0) is 21.3. The number of nitriles is 1. The largest absolute Gasteiger partial charge is 0.372 e. The molecule has 30 heavy (non-hydrogen) atoms. The van der Waals surface area contributed by atoms with Crippen LogP contribution in [-0.2, 0) is 13.1 Å². The molecule has 2 aliphatic rings. The van der Waals surface area contributed by atoms with Gasteiger partial charge in [0.25, 0.3) is 5.91 Å². The fourth-order valence-electron chi connectivity index (χ4n) is 4.61. The molecular formula is C24H27ClN4O. The van der Waals surface area contributed by atoms with E-state index in [-0.39, 0.29) is 11.9 Å². The molecule has 0 saturated heterocycles. The lowest BCUT2D eigenvalue weighted by Crippen LogP contribution is -2.43. The molecule has 5 nitrogen and oxygen atoms in total. The molecule has 1 N–H and O–H groups in total. The van der Waals surface area contributed by atoms with Crippen LogP contribution in [0.5, 0.6) is 0 Å². The summed E-state index contributed by atoms with van der Waals surface area (Å²) in [5.74, 6) is 0.0306. The second kappa shape index (κ2) is 8.67. The minimum absolute atomic E-state index is 0.0306. The fraction of sp³-hybridized carbons (Fsp3) is 0.417. The first-order chi connectivity index (χ1) is 14.4. The van der Waals surface area contributed by atoms with E-state index in [0.29, 0.717) is 16.6 Å². The fourth-order valence-corrected chi connectivity index (χ4v) is 4.82. The highest BCUT2D eigenvalue weighted by molar-refractivity contribution is 6.32. The topological polar surface area (TPSA) is 59.4 Å². The second-order valence-electron chi connectivity index (χ2n) is 8.52. The van der Waals surface area contributed by atoms with Crippen LogP contribution in [0.25, 0.3) is 0 Å². The van der Waals surface area contributed by atoms with Crippen LogP contribution in [0.2, 0.25) is 5.02 Å². The number of nitrogens with one attached hydrogen (secondary N) is 1. The molecule has 1 aliphatic carbocycles. The molecule has 1 aliphatic heterocycles. The number of fused-ring (bicyclic) bond motifs is 1. The summed E-state index contributed by atoms with van der Waals surface area (Å²) in [4.78, 5) is 17.2. The summed E-state index contributed by atoms with van der Waals surface area (Å²) in [5, 5.41) is 12.8. The number of halogens is 1. The van der Waals surface area contributed by atoms with Gasteiger partial charge in [0, 0.05) is 43.5 Å². The van der Waals surface area contributed by atoms with Gasteiger partial charge in [0.05, 0.1) is 10.6 Å². The van der Waals surface area contributed by atoms with Gasteiger partial charge in [0.2, 0.25) is 0 Å². The van der Waals surface area contributed by atoms with Crippen molar-refractivity contribution in [2.75, 3.05) is 19.0 Å². The third kappa shape index (κ3) is 4.30. The van der Waals surface area contributed by atoms with Crippen LogP contribution in [0.3, 0.4) is 0 Å². The van der Waals surface area contributed by atoms with E-state index in [2.05, 4.69) is 41.3 Å². The van der Waals surface area contributed by atoms with Crippen LogP contribution >= 0.6 is 11.6 Å². The molecule has 1 saturated carbocycles. The molecule has 1 heterocycles. The van der Waals surface area contributed by atoms with E-state index in [1.807, 2.05) is 24.3 Å². The average Bonchev–Trinajstić information content (AvgIpc) is 3.12. The monoisotopic (exact) mass is 422 g/mol. The molecule has 1 fully saturated rings. The van der Waals surface area contributed by atoms with Crippen molar-refractivity contribution in [3.8, 4) is 6.07 Å². The number of amides is 1. The number of carbonyl (C=O) groups excluding carboxylic acids is 1. The first kappa shape index (κ1) is 20.7. The molecule has 0 aromatic heterocycles. The van der Waals surface area contributed by atoms with Crippen LogP contribution in [0.1, 0.15) is 52.7 Å². The van der Waals surface area contributed by atoms with Crippen LogP contribution in [-0.4, -0.2) is 37.0 Å². The zero-order valence-electron chi connectivity index (χ0n) is 17.5. The maximum absolute atomic E-state index is 12.8. The highest BCUT2D eigenvalue weighted by atomic mass is 35.5. The molecule has 6 heteroatoms. The van der Waals surface area contributed by atoms with Gasteiger partial charge in [0.1, 0.15) is 6.07 Å². The van der Waals surface area contributed by atoms with Gasteiger partial charge in [-0.1, -0.05) is 17.7 Å². The predicted octanol–water partition coefficient (Wildman–Crippen LogP) is 4.33. The molecule has 0 radical (unpaired) electrons. The molecular weight excluding hydrogens is 396 g/mol. The van der Waals surface area contributed by atoms with Gasteiger partial charge in [-0.3, -0.25) is 9.69 Å². The zero-order valence-corrected chi connectivity index (χ0v) is 18.2. The average molecular weight is 423 g/mol. The molecule has 0 bridgehead atoms. The van der Waals surface area contributed by atoms with E-state index in [9.17, 15) is 4.79 Å². The van der Waals surface area contributed by atoms with E-state index < -0.39 is 0 Å². The standard InChI is InChI=1S/C24H27ClN4O/c1-28-14-18-4-3-16(11-19(18)15-28)24(30)27-20-6-9-21(10-7-20)29(2)22-8-5-17(13-26)23(25)12-22/h3-5,8,11-12,20-21H,6-7,9-10,14-15H2,1-2H3,(H,27,30). The third-order valence-corrected chi connectivity index (χ3v) is 6.72. The SMILES string of the molecule is CN1Cc2ccc(C(=O)NC3CCC(N(C)c4ccc(C#N)c(Cl)c4)CC3)cc2C1. The van der Waals surface area contributed by atoms with Crippen LogP contribution in [0.15, 0.2) is 36.4 Å². The van der Waals surface area contributed by atoms with Gasteiger partial charge in [-0.15, -0.1) is 0 Å². The lowest BCUT2D eigenvalue weighted by Gasteiger charge is -2.36. The van der Waals surface area contributed by atoms with Gasteiger partial charge < -0.3 is 10.2 Å². The van der Waals surface area contributed by atoms with Crippen LogP contribution in [0.4, 0.5) is 5.69 Å². The van der Waals surface area contributed by atoms with Crippen LogP contribution < -0.4 is 10.2 Å². The summed E-state index contributed by atoms with van der Waals surface area (Å²) in [6.07, 6.45) is 3.93. The highest BCUT2D eigenvalue weighted by Crippen LogP contribution is 2.29. The van der Waals surface area contributed by atoms with Gasteiger partial charge in [0.15, 0.2) is 0 Å². The van der Waals surface area contributed by atoms with Crippen molar-refractivity contribution in [2.45, 2.75) is 50.9 Å². The minimum atomic E-state index is 0.0306. The molecule has 1 amide bonds. The molecule has 2 aromatic rings. The first-order valence-corrected chi connectivity index (χ1v) is 10.9. The molecule has 0 unspecified atom stereocenters. The smallest absolute Gasteiger partial charge is 0.251 e. The number of nitrogens with zero attached hydrogens (tertiary/aromatic N) is 3. The normalized spacial score (nSPS) is 21.0. The van der Waals surface area contributed by atoms with Crippen molar-refractivity contribution in [1.82, 2.24) is 10.2 Å². The Kier molecular flexibility index (Phi) is 5.99. The molecule has 4 rings (SSSR count). The lowest BCUT2D eigenvalue weighted by molar-refractivity contribution is 0.0925. The molecule has 0 atom stereocenters. The molecule has 2 aromatic carbocycles. The lowest BCUT2D eigenvalue weighted by atomic mass is 9.89. The Labute approximate surface area is 183 Å². The Balaban J connectivity index is 1.32. The van der Waals surface area contributed by atoms with Crippen molar-refractivity contribution in [3.63, 3.8) is 0 Å². The third-order valence-electron chi connectivity index (χ3n) is 6.41. The summed E-state index contributed by atoms with van der Waals surface area (Å²) in [6.45, 7) is 1.87. The number of rotatable bonds is 4. The van der Waals surface area contributed by atoms with Gasteiger partial charge in [-0.2, -0.15) is 5.26 Å². The van der Waals surface area contributed by atoms with Crippen molar-refractivity contribution >= 4 is 23.2 Å². The maximum atomic E-state index is 12.8. The van der Waals surface area contributed by atoms with Gasteiger partial charge >= 0.3 is 0 Å². The Hall–Kier alpha value is -2.55. The van der Waals surface area contributed by atoms with Crippen LogP contribution in [0, 0.1) is 11.3 Å². The molecule has 0 spiro atoms. The number of hydrogen-bond acceptors (Lipinski definition) is 4. The second-order valence-corrected chi connectivity index (χ2v) is 8.93. The number of hydrogen-bond donors (Lipinski definition) is 1. The van der Waals surface area contributed by atoms with E-state index >= 15 is 0 Å². The molecule has 156 valence electrons. The number of carbonyl (C=O) groups is 1. The van der Waals surface area contributed by atoms with Crippen molar-refractivity contribution < 1.29 is 4.79 Å². The van der Waals surface area contributed by atoms with Gasteiger partial charge in [-0.25, -0.2) is 0 Å². The highest BCUT2D eigenvalue weighted by Gasteiger charge is 2.26. The van der Waals surface area contributed by atoms with Crippen molar-refractivity contribution in [2.24, 2.45) is 0 Å². The number of benzene rings is 2. The summed E-state index contributed by atoms with van der Waals surface area (Å²) in [7, 11) is 4.17. The quantitative estimate of drug-likeness (QED) is 0.796. The summed E-state index contributed by atoms with van der Waals surface area (Å²) >= 11 is 6.20. The van der Waals surface area contributed by atoms with E-state index in [4.69, 9.17) is 16.9 Å². The minimum Gasteiger partial charge on any atom is -0.372 e. The van der Waals surface area contributed by atoms with Gasteiger partial charge in [-0.05, 0) is 74.2 Å². The Bertz CT molecular complexity index is 991. The number of anilines is 1. The van der Waals surface area contributed by atoms with Crippen molar-refractivity contribution in [3.05, 3.63) is 63.7 Å².